The molecule has 0 aliphatic rings. The van der Waals surface area contributed by atoms with Gasteiger partial charge in [-0.25, -0.2) is 0 Å². The number of carbonyl (C=O) groups excluding carboxylic acids is 1. The van der Waals surface area contributed by atoms with Crippen molar-refractivity contribution in [1.29, 1.82) is 0 Å². The van der Waals surface area contributed by atoms with Crippen LogP contribution in [0, 0.1) is 20.8 Å². The standard InChI is InChI=1S/C13H15N3O2/c1-8-4-9(2)6-11(5-8)15-12(17)7-13-14-10(3)16-18-13/h4-6H,7H2,1-3H3,(H,15,17). The van der Waals surface area contributed by atoms with Crippen LogP contribution in [0.3, 0.4) is 0 Å². The second-order valence-corrected chi connectivity index (χ2v) is 4.34. The highest BCUT2D eigenvalue weighted by Gasteiger charge is 2.10. The maximum absolute atomic E-state index is 11.8. The number of aryl methyl sites for hydroxylation is 3. The van der Waals surface area contributed by atoms with Crippen molar-refractivity contribution in [2.24, 2.45) is 0 Å². The molecule has 1 amide bonds. The lowest BCUT2D eigenvalue weighted by Crippen LogP contribution is -2.14. The lowest BCUT2D eigenvalue weighted by atomic mass is 10.1. The molecule has 1 aromatic carbocycles. The van der Waals surface area contributed by atoms with Crippen molar-refractivity contribution >= 4 is 11.6 Å². The summed E-state index contributed by atoms with van der Waals surface area (Å²) < 4.78 is 4.90. The third-order valence-electron chi connectivity index (χ3n) is 2.39. The highest BCUT2D eigenvalue weighted by molar-refractivity contribution is 5.91. The second-order valence-electron chi connectivity index (χ2n) is 4.34. The third kappa shape index (κ3) is 3.16. The van der Waals surface area contributed by atoms with Gasteiger partial charge in [-0.15, -0.1) is 0 Å². The summed E-state index contributed by atoms with van der Waals surface area (Å²) in [6, 6.07) is 5.89. The number of nitrogens with one attached hydrogen (secondary N) is 1. The molecule has 0 aliphatic heterocycles. The smallest absolute Gasteiger partial charge is 0.236 e. The SMILES string of the molecule is Cc1cc(C)cc(NC(=O)Cc2nc(C)no2)c1. The summed E-state index contributed by atoms with van der Waals surface area (Å²) in [5.41, 5.74) is 3.01. The third-order valence-corrected chi connectivity index (χ3v) is 2.39. The van der Waals surface area contributed by atoms with Gasteiger partial charge in [-0.3, -0.25) is 4.79 Å². The van der Waals surface area contributed by atoms with Gasteiger partial charge in [0, 0.05) is 5.69 Å². The molecule has 1 aromatic heterocycles. The molecular weight excluding hydrogens is 230 g/mol. The number of anilines is 1. The molecule has 0 spiro atoms. The summed E-state index contributed by atoms with van der Waals surface area (Å²) >= 11 is 0. The Labute approximate surface area is 105 Å². The average Bonchev–Trinajstić information content (AvgIpc) is 2.61. The predicted molar refractivity (Wildman–Crippen MR) is 67.3 cm³/mol. The Bertz CT molecular complexity index is 555. The van der Waals surface area contributed by atoms with E-state index in [2.05, 4.69) is 21.5 Å². The van der Waals surface area contributed by atoms with E-state index < -0.39 is 0 Å². The fourth-order valence-corrected chi connectivity index (χ4v) is 1.80. The fourth-order valence-electron chi connectivity index (χ4n) is 1.80. The maximum atomic E-state index is 11.8. The lowest BCUT2D eigenvalue weighted by Gasteiger charge is -2.06. The largest absolute Gasteiger partial charge is 0.339 e. The number of hydrogen-bond donors (Lipinski definition) is 1. The van der Waals surface area contributed by atoms with Crippen LogP contribution in [-0.2, 0) is 11.2 Å². The van der Waals surface area contributed by atoms with E-state index in [1.165, 1.54) is 0 Å². The summed E-state index contributed by atoms with van der Waals surface area (Å²) in [5, 5.41) is 6.45. The van der Waals surface area contributed by atoms with Gasteiger partial charge in [-0.2, -0.15) is 4.98 Å². The van der Waals surface area contributed by atoms with Gasteiger partial charge in [0.1, 0.15) is 6.42 Å². The number of amides is 1. The van der Waals surface area contributed by atoms with E-state index in [1.807, 2.05) is 26.0 Å². The van der Waals surface area contributed by atoms with Crippen molar-refractivity contribution in [1.82, 2.24) is 10.1 Å². The van der Waals surface area contributed by atoms with Crippen LogP contribution in [0.4, 0.5) is 5.69 Å². The van der Waals surface area contributed by atoms with Gasteiger partial charge < -0.3 is 9.84 Å². The zero-order chi connectivity index (χ0) is 13.1. The number of carbonyl (C=O) groups is 1. The molecule has 0 unspecified atom stereocenters. The Morgan fingerprint density at radius 1 is 1.22 bits per heavy atom. The van der Waals surface area contributed by atoms with Crippen LogP contribution in [0.1, 0.15) is 22.8 Å². The molecule has 2 aromatic rings. The lowest BCUT2D eigenvalue weighted by molar-refractivity contribution is -0.115. The van der Waals surface area contributed by atoms with Gasteiger partial charge >= 0.3 is 0 Å². The Balaban J connectivity index is 2.02. The molecular formula is C13H15N3O2. The Morgan fingerprint density at radius 2 is 1.89 bits per heavy atom. The zero-order valence-corrected chi connectivity index (χ0v) is 10.7. The van der Waals surface area contributed by atoms with Gasteiger partial charge in [0.25, 0.3) is 0 Å². The predicted octanol–water partition coefficient (Wildman–Crippen LogP) is 2.18. The van der Waals surface area contributed by atoms with E-state index in [0.29, 0.717) is 11.7 Å². The Hall–Kier alpha value is -2.17. The molecule has 0 saturated carbocycles. The molecule has 0 radical (unpaired) electrons. The monoisotopic (exact) mass is 245 g/mol. The quantitative estimate of drug-likeness (QED) is 0.899. The first-order valence-corrected chi connectivity index (χ1v) is 5.70. The first kappa shape index (κ1) is 12.3. The van der Waals surface area contributed by atoms with Gasteiger partial charge in [0.15, 0.2) is 5.82 Å². The summed E-state index contributed by atoms with van der Waals surface area (Å²) in [5.74, 6) is 0.697. The number of hydrogen-bond acceptors (Lipinski definition) is 4. The van der Waals surface area contributed by atoms with Gasteiger partial charge in [-0.1, -0.05) is 11.2 Å². The zero-order valence-electron chi connectivity index (χ0n) is 10.7. The van der Waals surface area contributed by atoms with Gasteiger partial charge in [0.2, 0.25) is 11.8 Å². The van der Waals surface area contributed by atoms with E-state index in [-0.39, 0.29) is 12.3 Å². The van der Waals surface area contributed by atoms with E-state index in [1.54, 1.807) is 6.92 Å². The highest BCUT2D eigenvalue weighted by Crippen LogP contribution is 2.14. The van der Waals surface area contributed by atoms with Crippen molar-refractivity contribution in [2.45, 2.75) is 27.2 Å². The first-order chi connectivity index (χ1) is 8.52. The highest BCUT2D eigenvalue weighted by atomic mass is 16.5. The van der Waals surface area contributed by atoms with Crippen LogP contribution < -0.4 is 5.32 Å². The molecule has 0 saturated heterocycles. The van der Waals surface area contributed by atoms with E-state index in [0.717, 1.165) is 16.8 Å². The summed E-state index contributed by atoms with van der Waals surface area (Å²) in [6.07, 6.45) is 0.0911. The molecule has 18 heavy (non-hydrogen) atoms. The van der Waals surface area contributed by atoms with Crippen LogP contribution in [-0.4, -0.2) is 16.0 Å². The first-order valence-electron chi connectivity index (χ1n) is 5.70. The molecule has 2 rings (SSSR count). The molecule has 5 nitrogen and oxygen atoms in total. The van der Waals surface area contributed by atoms with Crippen molar-refractivity contribution in [3.8, 4) is 0 Å². The van der Waals surface area contributed by atoms with Gasteiger partial charge in [-0.05, 0) is 44.0 Å². The van der Waals surface area contributed by atoms with E-state index >= 15 is 0 Å². The Morgan fingerprint density at radius 3 is 2.44 bits per heavy atom. The minimum Gasteiger partial charge on any atom is -0.339 e. The summed E-state index contributed by atoms with van der Waals surface area (Å²) in [4.78, 5) is 15.8. The van der Waals surface area contributed by atoms with E-state index in [9.17, 15) is 4.79 Å². The Kier molecular flexibility index (Phi) is 3.41. The van der Waals surface area contributed by atoms with Crippen molar-refractivity contribution in [3.63, 3.8) is 0 Å². The molecule has 1 heterocycles. The minimum absolute atomic E-state index is 0.0911. The molecule has 0 fully saturated rings. The maximum Gasteiger partial charge on any atom is 0.236 e. The molecule has 0 bridgehead atoms. The molecule has 94 valence electrons. The summed E-state index contributed by atoms with van der Waals surface area (Å²) in [7, 11) is 0. The number of aromatic nitrogens is 2. The molecule has 0 aliphatic carbocycles. The molecule has 1 N–H and O–H groups in total. The fraction of sp³-hybridized carbons (Fsp3) is 0.308. The van der Waals surface area contributed by atoms with Crippen molar-refractivity contribution < 1.29 is 9.32 Å². The van der Waals surface area contributed by atoms with Crippen molar-refractivity contribution in [2.75, 3.05) is 5.32 Å². The molecule has 0 atom stereocenters. The second kappa shape index (κ2) is 5.00. The van der Waals surface area contributed by atoms with Gasteiger partial charge in [0.05, 0.1) is 0 Å². The van der Waals surface area contributed by atoms with E-state index in [4.69, 9.17) is 4.52 Å². The summed E-state index contributed by atoms with van der Waals surface area (Å²) in [6.45, 7) is 5.70. The number of nitrogens with zero attached hydrogens (tertiary/aromatic N) is 2. The van der Waals surface area contributed by atoms with Crippen molar-refractivity contribution in [3.05, 3.63) is 41.0 Å². The van der Waals surface area contributed by atoms with Crippen LogP contribution >= 0.6 is 0 Å². The minimum atomic E-state index is -0.163. The normalized spacial score (nSPS) is 10.4. The molecule has 5 heteroatoms. The topological polar surface area (TPSA) is 68.0 Å². The number of rotatable bonds is 3. The van der Waals surface area contributed by atoms with Crippen LogP contribution in [0.15, 0.2) is 22.7 Å². The average molecular weight is 245 g/mol. The van der Waals surface area contributed by atoms with Crippen LogP contribution in [0.25, 0.3) is 0 Å². The van der Waals surface area contributed by atoms with Crippen LogP contribution in [0.2, 0.25) is 0 Å². The van der Waals surface area contributed by atoms with Crippen LogP contribution in [0.5, 0.6) is 0 Å². The number of benzene rings is 1.